The van der Waals surface area contributed by atoms with E-state index in [1.54, 1.807) is 23.9 Å². The summed E-state index contributed by atoms with van der Waals surface area (Å²) in [5.41, 5.74) is 2.06. The zero-order chi connectivity index (χ0) is 15.4. The molecule has 0 saturated heterocycles. The van der Waals surface area contributed by atoms with Gasteiger partial charge in [0.1, 0.15) is 11.6 Å². The van der Waals surface area contributed by atoms with Crippen LogP contribution in [0.3, 0.4) is 0 Å². The molecule has 0 unspecified atom stereocenters. The van der Waals surface area contributed by atoms with Crippen molar-refractivity contribution in [1.29, 1.82) is 0 Å². The fourth-order valence-electron chi connectivity index (χ4n) is 2.27. The summed E-state index contributed by atoms with van der Waals surface area (Å²) < 4.78 is 15.2. The number of aromatic nitrogens is 3. The second kappa shape index (κ2) is 6.75. The van der Waals surface area contributed by atoms with Crippen LogP contribution in [0.2, 0.25) is 0 Å². The molecule has 0 radical (unpaired) electrons. The summed E-state index contributed by atoms with van der Waals surface area (Å²) in [6.45, 7) is 2.07. The van der Waals surface area contributed by atoms with Gasteiger partial charge < -0.3 is 0 Å². The molecule has 0 atom stereocenters. The van der Waals surface area contributed by atoms with Crippen LogP contribution in [0.4, 0.5) is 4.39 Å². The first-order valence-electron chi connectivity index (χ1n) is 7.15. The zero-order valence-electron chi connectivity index (χ0n) is 12.2. The van der Waals surface area contributed by atoms with Crippen molar-refractivity contribution < 1.29 is 4.39 Å². The number of rotatable bonds is 5. The second-order valence-electron chi connectivity index (χ2n) is 4.81. The average Bonchev–Trinajstić information content (AvgIpc) is 2.92. The van der Waals surface area contributed by atoms with Gasteiger partial charge in [0.05, 0.1) is 0 Å². The molecular weight excluding hydrogens is 297 g/mol. The summed E-state index contributed by atoms with van der Waals surface area (Å²) >= 11 is 1.63. The monoisotopic (exact) mass is 313 g/mol. The first kappa shape index (κ1) is 14.8. The predicted octanol–water partition coefficient (Wildman–Crippen LogP) is 4.11. The Bertz CT molecular complexity index is 738. The van der Waals surface area contributed by atoms with Crippen molar-refractivity contribution in [3.05, 3.63) is 71.8 Å². The van der Waals surface area contributed by atoms with Crippen molar-refractivity contribution >= 4 is 11.8 Å². The minimum atomic E-state index is -0.244. The smallest absolute Gasteiger partial charge is 0.195 e. The summed E-state index contributed by atoms with van der Waals surface area (Å²) in [6.07, 6.45) is 0.690. The molecule has 3 nitrogen and oxygen atoms in total. The van der Waals surface area contributed by atoms with Gasteiger partial charge in [-0.3, -0.25) is 4.57 Å². The van der Waals surface area contributed by atoms with E-state index in [-0.39, 0.29) is 5.82 Å². The number of halogens is 1. The average molecular weight is 313 g/mol. The quantitative estimate of drug-likeness (QED) is 0.664. The van der Waals surface area contributed by atoms with Crippen LogP contribution in [0.1, 0.15) is 18.3 Å². The van der Waals surface area contributed by atoms with Crippen LogP contribution in [-0.4, -0.2) is 20.5 Å². The lowest BCUT2D eigenvalue weighted by Gasteiger charge is -2.10. The molecule has 0 bridgehead atoms. The number of benzene rings is 2. The molecule has 0 aliphatic rings. The van der Waals surface area contributed by atoms with Crippen LogP contribution >= 0.6 is 11.8 Å². The molecule has 2 aromatic carbocycles. The molecule has 1 aromatic heterocycles. The van der Waals surface area contributed by atoms with Gasteiger partial charge in [-0.05, 0) is 35.6 Å². The zero-order valence-corrected chi connectivity index (χ0v) is 13.1. The topological polar surface area (TPSA) is 30.7 Å². The summed E-state index contributed by atoms with van der Waals surface area (Å²) in [4.78, 5) is 0. The molecule has 3 rings (SSSR count). The van der Waals surface area contributed by atoms with E-state index >= 15 is 0 Å². The molecule has 0 spiro atoms. The van der Waals surface area contributed by atoms with E-state index in [1.807, 2.05) is 22.8 Å². The third kappa shape index (κ3) is 3.20. The molecule has 0 saturated carbocycles. The van der Waals surface area contributed by atoms with E-state index in [9.17, 15) is 4.39 Å². The van der Waals surface area contributed by atoms with Crippen LogP contribution < -0.4 is 0 Å². The largest absolute Gasteiger partial charge is 0.274 e. The Labute approximate surface area is 133 Å². The van der Waals surface area contributed by atoms with Gasteiger partial charge in [-0.2, -0.15) is 0 Å². The Morgan fingerprint density at radius 1 is 1.00 bits per heavy atom. The minimum Gasteiger partial charge on any atom is -0.274 e. The maximum atomic E-state index is 13.2. The van der Waals surface area contributed by atoms with Crippen molar-refractivity contribution in [3.8, 4) is 5.69 Å². The Hall–Kier alpha value is -2.14. The van der Waals surface area contributed by atoms with Gasteiger partial charge in [0.2, 0.25) is 0 Å². The predicted molar refractivity (Wildman–Crippen MR) is 87.0 cm³/mol. The molecule has 0 aliphatic carbocycles. The van der Waals surface area contributed by atoms with E-state index in [2.05, 4.69) is 29.3 Å². The van der Waals surface area contributed by atoms with Crippen LogP contribution in [0.5, 0.6) is 0 Å². The van der Waals surface area contributed by atoms with Crippen molar-refractivity contribution in [2.24, 2.45) is 0 Å². The number of hydrogen-bond donors (Lipinski definition) is 0. The Balaban J connectivity index is 2.01. The molecule has 3 aromatic rings. The Morgan fingerprint density at radius 2 is 1.73 bits per heavy atom. The fraction of sp³-hybridized carbons (Fsp3) is 0.176. The summed E-state index contributed by atoms with van der Waals surface area (Å²) in [5, 5.41) is 9.44. The van der Waals surface area contributed by atoms with E-state index < -0.39 is 0 Å². The van der Waals surface area contributed by atoms with Crippen LogP contribution in [0.25, 0.3) is 5.69 Å². The molecular formula is C17H16FN3S. The van der Waals surface area contributed by atoms with Gasteiger partial charge in [-0.1, -0.05) is 49.0 Å². The molecule has 0 fully saturated rings. The lowest BCUT2D eigenvalue weighted by molar-refractivity contribution is 0.627. The highest BCUT2D eigenvalue weighted by Crippen LogP contribution is 2.23. The maximum Gasteiger partial charge on any atom is 0.195 e. The molecule has 0 aliphatic heterocycles. The Morgan fingerprint density at radius 3 is 2.41 bits per heavy atom. The van der Waals surface area contributed by atoms with Gasteiger partial charge in [0.15, 0.2) is 5.16 Å². The van der Waals surface area contributed by atoms with Crippen molar-refractivity contribution in [2.45, 2.75) is 18.5 Å². The van der Waals surface area contributed by atoms with Gasteiger partial charge in [-0.25, -0.2) is 4.39 Å². The first-order valence-corrected chi connectivity index (χ1v) is 8.13. The van der Waals surface area contributed by atoms with Crippen LogP contribution in [-0.2, 0) is 6.42 Å². The first-order chi connectivity index (χ1) is 10.8. The summed E-state index contributed by atoms with van der Waals surface area (Å²) in [7, 11) is 0. The number of thioether (sulfide) groups is 1. The normalized spacial score (nSPS) is 10.8. The third-order valence-electron chi connectivity index (χ3n) is 3.26. The summed E-state index contributed by atoms with van der Waals surface area (Å²) in [5.74, 6) is 1.52. The third-order valence-corrected chi connectivity index (χ3v) is 4.07. The minimum absolute atomic E-state index is 0.244. The maximum absolute atomic E-state index is 13.2. The highest BCUT2D eigenvalue weighted by atomic mass is 32.2. The van der Waals surface area contributed by atoms with E-state index in [0.29, 0.717) is 6.42 Å². The van der Waals surface area contributed by atoms with Crippen LogP contribution in [0.15, 0.2) is 59.8 Å². The van der Waals surface area contributed by atoms with E-state index in [0.717, 1.165) is 22.4 Å². The molecule has 5 heteroatoms. The van der Waals surface area contributed by atoms with Crippen molar-refractivity contribution in [2.75, 3.05) is 5.75 Å². The highest BCUT2D eigenvalue weighted by Gasteiger charge is 2.14. The molecule has 112 valence electrons. The fourth-order valence-corrected chi connectivity index (χ4v) is 2.96. The van der Waals surface area contributed by atoms with E-state index in [4.69, 9.17) is 0 Å². The van der Waals surface area contributed by atoms with Gasteiger partial charge in [0.25, 0.3) is 0 Å². The SMILES string of the molecule is CCSc1nnc(Cc2ccccc2)n1-c1ccc(F)cc1. The molecule has 22 heavy (non-hydrogen) atoms. The van der Waals surface area contributed by atoms with Gasteiger partial charge in [-0.15, -0.1) is 10.2 Å². The number of hydrogen-bond acceptors (Lipinski definition) is 3. The summed E-state index contributed by atoms with van der Waals surface area (Å²) in [6, 6.07) is 16.6. The van der Waals surface area contributed by atoms with Crippen molar-refractivity contribution in [1.82, 2.24) is 14.8 Å². The van der Waals surface area contributed by atoms with E-state index in [1.165, 1.54) is 17.7 Å². The lowest BCUT2D eigenvalue weighted by atomic mass is 10.1. The second-order valence-corrected chi connectivity index (χ2v) is 6.04. The lowest BCUT2D eigenvalue weighted by Crippen LogP contribution is -2.04. The number of nitrogens with zero attached hydrogens (tertiary/aromatic N) is 3. The molecule has 0 amide bonds. The molecule has 0 N–H and O–H groups in total. The van der Waals surface area contributed by atoms with Crippen LogP contribution in [0, 0.1) is 5.82 Å². The Kier molecular flexibility index (Phi) is 4.53. The van der Waals surface area contributed by atoms with Gasteiger partial charge >= 0.3 is 0 Å². The van der Waals surface area contributed by atoms with Crippen molar-refractivity contribution in [3.63, 3.8) is 0 Å². The highest BCUT2D eigenvalue weighted by molar-refractivity contribution is 7.99. The molecule has 1 heterocycles. The van der Waals surface area contributed by atoms with Gasteiger partial charge in [0, 0.05) is 12.1 Å². The standard InChI is InChI=1S/C17H16FN3S/c1-2-22-17-20-19-16(12-13-6-4-3-5-7-13)21(17)15-10-8-14(18)9-11-15/h3-11H,2,12H2,1H3.